The second kappa shape index (κ2) is 11.0. The quantitative estimate of drug-likeness (QED) is 0.169. The van der Waals surface area contributed by atoms with Gasteiger partial charge in [-0.05, 0) is 65.6 Å². The fourth-order valence-corrected chi connectivity index (χ4v) is 11.9. The number of hydrogen-bond donors (Lipinski definition) is 0. The molecule has 10 aromatic rings. The molecule has 6 heteroatoms. The molecule has 0 fully saturated rings. The topological polar surface area (TPSA) is 11.4 Å². The number of nitrogens with zero attached hydrogens (tertiary/aromatic N) is 3. The van der Waals surface area contributed by atoms with Gasteiger partial charge >= 0.3 is 0 Å². The summed E-state index contributed by atoms with van der Waals surface area (Å²) >= 11 is 3.91. The van der Waals surface area contributed by atoms with Crippen LogP contribution in [0, 0.1) is 0 Å². The SMILES string of the molecule is Cn1c2ccccc2c2cccc(-c3ccc(N4c5cccc6c5B(c5sc7ccccc7c5N6c5ccccc5)c5sc6ccccc6c54)cc3)c21. The number of thiophene rings is 2. The lowest BCUT2D eigenvalue weighted by Crippen LogP contribution is -2.59. The number of hydrogen-bond acceptors (Lipinski definition) is 4. The summed E-state index contributed by atoms with van der Waals surface area (Å²) in [4.78, 5) is 5.07. The van der Waals surface area contributed by atoms with Crippen molar-refractivity contribution in [1.29, 1.82) is 0 Å². The number of benzene rings is 7. The van der Waals surface area contributed by atoms with Crippen LogP contribution in [0.2, 0.25) is 0 Å². The molecule has 0 saturated carbocycles. The lowest BCUT2D eigenvalue weighted by molar-refractivity contribution is 1.02. The van der Waals surface area contributed by atoms with Crippen LogP contribution in [0.4, 0.5) is 34.1 Å². The molecule has 0 N–H and O–H groups in total. The first-order valence-corrected chi connectivity index (χ1v) is 19.8. The molecule has 0 unspecified atom stereocenters. The van der Waals surface area contributed by atoms with Crippen molar-refractivity contribution in [2.24, 2.45) is 7.05 Å². The van der Waals surface area contributed by atoms with E-state index < -0.39 is 0 Å². The van der Waals surface area contributed by atoms with Crippen molar-refractivity contribution in [2.45, 2.75) is 0 Å². The van der Waals surface area contributed by atoms with Crippen molar-refractivity contribution >= 4 is 121 Å². The molecule has 5 heterocycles. The van der Waals surface area contributed by atoms with E-state index in [1.54, 1.807) is 0 Å². The van der Waals surface area contributed by atoms with Crippen LogP contribution in [-0.4, -0.2) is 11.3 Å². The number of fused-ring (bicyclic) bond motifs is 11. The normalized spacial score (nSPS) is 13.3. The highest BCUT2D eigenvalue weighted by Crippen LogP contribution is 2.50. The second-order valence-corrected chi connectivity index (χ2v) is 16.3. The molecule has 2 aliphatic rings. The van der Waals surface area contributed by atoms with Crippen molar-refractivity contribution in [3.63, 3.8) is 0 Å². The Balaban J connectivity index is 1.10. The van der Waals surface area contributed by atoms with Crippen LogP contribution in [0.5, 0.6) is 0 Å². The van der Waals surface area contributed by atoms with Gasteiger partial charge in [0.1, 0.15) is 0 Å². The molecule has 0 spiro atoms. The zero-order chi connectivity index (χ0) is 34.8. The van der Waals surface area contributed by atoms with Gasteiger partial charge < -0.3 is 14.4 Å². The third kappa shape index (κ3) is 4.00. The average Bonchev–Trinajstić information content (AvgIpc) is 3.88. The van der Waals surface area contributed by atoms with Gasteiger partial charge in [-0.15, -0.1) is 22.7 Å². The van der Waals surface area contributed by atoms with Gasteiger partial charge in [-0.1, -0.05) is 109 Å². The van der Waals surface area contributed by atoms with E-state index in [4.69, 9.17) is 0 Å². The molecule has 0 radical (unpaired) electrons. The molecule has 0 saturated heterocycles. The minimum absolute atomic E-state index is 0.139. The third-order valence-corrected chi connectivity index (χ3v) is 13.8. The van der Waals surface area contributed by atoms with E-state index >= 15 is 0 Å². The minimum Gasteiger partial charge on any atom is -0.343 e. The number of para-hydroxylation sites is 3. The van der Waals surface area contributed by atoms with E-state index in [0.717, 1.165) is 0 Å². The molecule has 0 amide bonds. The number of aromatic nitrogens is 1. The van der Waals surface area contributed by atoms with E-state index in [-0.39, 0.29) is 6.71 Å². The Labute approximate surface area is 315 Å². The summed E-state index contributed by atoms with van der Waals surface area (Å²) < 4.78 is 7.83. The predicted molar refractivity (Wildman–Crippen MR) is 231 cm³/mol. The first-order chi connectivity index (χ1) is 26.2. The maximum absolute atomic E-state index is 2.55. The van der Waals surface area contributed by atoms with Gasteiger partial charge in [-0.2, -0.15) is 0 Å². The lowest BCUT2D eigenvalue weighted by Gasteiger charge is -2.42. The molecule has 0 atom stereocenters. The van der Waals surface area contributed by atoms with Gasteiger partial charge in [-0.3, -0.25) is 0 Å². The highest BCUT2D eigenvalue weighted by atomic mass is 32.1. The van der Waals surface area contributed by atoms with Crippen molar-refractivity contribution in [3.8, 4) is 11.1 Å². The van der Waals surface area contributed by atoms with Gasteiger partial charge in [0.25, 0.3) is 6.71 Å². The summed E-state index contributed by atoms with van der Waals surface area (Å²) in [5.41, 5.74) is 13.8. The Bertz CT molecular complexity index is 3100. The molecular weight excluding hydrogens is 681 g/mol. The van der Waals surface area contributed by atoms with E-state index in [1.807, 2.05) is 22.7 Å². The summed E-state index contributed by atoms with van der Waals surface area (Å²) in [6.07, 6.45) is 0. The summed E-state index contributed by atoms with van der Waals surface area (Å²) in [6.45, 7) is 0.139. The number of aryl methyl sites for hydroxylation is 1. The first kappa shape index (κ1) is 29.5. The smallest absolute Gasteiger partial charge is 0.277 e. The highest BCUT2D eigenvalue weighted by molar-refractivity contribution is 7.40. The van der Waals surface area contributed by atoms with Crippen LogP contribution >= 0.6 is 22.7 Å². The Morgan fingerprint density at radius 1 is 0.453 bits per heavy atom. The molecule has 2 aliphatic heterocycles. The predicted octanol–water partition coefficient (Wildman–Crippen LogP) is 11.5. The Morgan fingerprint density at radius 2 is 0.981 bits per heavy atom. The largest absolute Gasteiger partial charge is 0.343 e. The van der Waals surface area contributed by atoms with E-state index in [2.05, 4.69) is 185 Å². The molecule has 3 aromatic heterocycles. The first-order valence-electron chi connectivity index (χ1n) is 18.1. The molecular formula is C47H30BN3S2. The Kier molecular flexibility index (Phi) is 6.10. The molecule has 3 nitrogen and oxygen atoms in total. The molecule has 12 rings (SSSR count). The molecule has 0 bridgehead atoms. The maximum atomic E-state index is 2.55. The van der Waals surface area contributed by atoms with Crippen LogP contribution in [0.25, 0.3) is 53.1 Å². The number of anilines is 6. The van der Waals surface area contributed by atoms with Gasteiger partial charge in [0, 0.05) is 81.4 Å². The minimum atomic E-state index is 0.139. The van der Waals surface area contributed by atoms with Crippen molar-refractivity contribution in [3.05, 3.63) is 164 Å². The van der Waals surface area contributed by atoms with Crippen molar-refractivity contribution in [1.82, 2.24) is 4.57 Å². The summed E-state index contributed by atoms with van der Waals surface area (Å²) in [5.74, 6) is 0. The Hall–Kier alpha value is -6.08. The van der Waals surface area contributed by atoms with Gasteiger partial charge in [0.15, 0.2) is 0 Å². The molecule has 7 aromatic carbocycles. The monoisotopic (exact) mass is 711 g/mol. The van der Waals surface area contributed by atoms with Gasteiger partial charge in [0.2, 0.25) is 0 Å². The van der Waals surface area contributed by atoms with Crippen LogP contribution in [0.1, 0.15) is 0 Å². The summed E-state index contributed by atoms with van der Waals surface area (Å²) in [5, 5.41) is 5.21. The Morgan fingerprint density at radius 3 is 1.64 bits per heavy atom. The standard InChI is InChI=1S/C47H30BN3S2/c1-49-37-20-8-5-15-33(37)34-19-11-18-32(43(34)49)29-25-27-31(28-26-29)51-39-22-12-21-38-42(39)48(47-45(51)36-17-7-10-24-41(36)53-47)46-44(35-16-6-9-23-40(35)52-46)50(38)30-13-3-2-4-14-30/h2-28H,1H3. The van der Waals surface area contributed by atoms with Crippen molar-refractivity contribution < 1.29 is 0 Å². The molecule has 0 aliphatic carbocycles. The lowest BCUT2D eigenvalue weighted by atomic mass is 9.39. The van der Waals surface area contributed by atoms with Crippen LogP contribution in [0.3, 0.4) is 0 Å². The molecule has 53 heavy (non-hydrogen) atoms. The van der Waals surface area contributed by atoms with Crippen LogP contribution in [-0.2, 0) is 7.05 Å². The number of rotatable bonds is 3. The second-order valence-electron chi connectivity index (χ2n) is 14.1. The van der Waals surface area contributed by atoms with Crippen LogP contribution in [0.15, 0.2) is 164 Å². The third-order valence-electron chi connectivity index (χ3n) is 11.4. The van der Waals surface area contributed by atoms with Crippen LogP contribution < -0.4 is 24.8 Å². The van der Waals surface area contributed by atoms with Crippen molar-refractivity contribution in [2.75, 3.05) is 9.80 Å². The maximum Gasteiger partial charge on any atom is 0.277 e. The molecule has 248 valence electrons. The average molecular weight is 712 g/mol. The zero-order valence-corrected chi connectivity index (χ0v) is 30.5. The van der Waals surface area contributed by atoms with Gasteiger partial charge in [0.05, 0.1) is 16.9 Å². The summed E-state index contributed by atoms with van der Waals surface area (Å²) in [6, 6.07) is 60.5. The summed E-state index contributed by atoms with van der Waals surface area (Å²) in [7, 11) is 2.19. The fraction of sp³-hybridized carbons (Fsp3) is 0.0213. The highest BCUT2D eigenvalue weighted by Gasteiger charge is 2.46. The van der Waals surface area contributed by atoms with E-state index in [0.29, 0.717) is 0 Å². The fourth-order valence-electron chi connectivity index (χ4n) is 9.18. The zero-order valence-electron chi connectivity index (χ0n) is 28.8. The van der Waals surface area contributed by atoms with Gasteiger partial charge in [-0.25, -0.2) is 0 Å². The van der Waals surface area contributed by atoms with E-state index in [9.17, 15) is 0 Å². The van der Waals surface area contributed by atoms with E-state index in [1.165, 1.54) is 102 Å².